The van der Waals surface area contributed by atoms with Gasteiger partial charge in [-0.05, 0) is 134 Å². The van der Waals surface area contributed by atoms with Crippen LogP contribution in [0.2, 0.25) is 0 Å². The molecular weight excluding hydrogens is 621 g/mol. The molecule has 51 heavy (non-hydrogen) atoms. The normalized spacial score (nSPS) is 27.5. The van der Waals surface area contributed by atoms with E-state index in [4.69, 9.17) is 4.74 Å². The van der Waals surface area contributed by atoms with E-state index in [1.165, 1.54) is 114 Å². The summed E-state index contributed by atoms with van der Waals surface area (Å²) in [6, 6.07) is 37.1. The summed E-state index contributed by atoms with van der Waals surface area (Å²) in [5.74, 6) is 2.57. The van der Waals surface area contributed by atoms with Gasteiger partial charge in [-0.2, -0.15) is 0 Å². The zero-order chi connectivity index (χ0) is 33.6. The third kappa shape index (κ3) is 4.36. The highest BCUT2D eigenvalue weighted by molar-refractivity contribution is 6.09. The van der Waals surface area contributed by atoms with E-state index in [1.54, 1.807) is 11.1 Å². The molecule has 3 aliphatic heterocycles. The summed E-state index contributed by atoms with van der Waals surface area (Å²) in [6.07, 6.45) is 18.0. The van der Waals surface area contributed by atoms with Crippen LogP contribution in [0.15, 0.2) is 103 Å². The predicted molar refractivity (Wildman–Crippen MR) is 211 cm³/mol. The molecule has 2 saturated carbocycles. The third-order valence-electron chi connectivity index (χ3n) is 13.9. The van der Waals surface area contributed by atoms with E-state index in [1.807, 2.05) is 0 Å². The van der Waals surface area contributed by atoms with Gasteiger partial charge in [0.05, 0.1) is 0 Å². The molecule has 3 heterocycles. The Balaban J connectivity index is 1.15. The molecule has 11 rings (SSSR count). The van der Waals surface area contributed by atoms with E-state index in [0.29, 0.717) is 5.92 Å². The van der Waals surface area contributed by atoms with Gasteiger partial charge in [0.2, 0.25) is 0 Å². The van der Waals surface area contributed by atoms with Crippen molar-refractivity contribution < 1.29 is 4.74 Å². The van der Waals surface area contributed by atoms with Gasteiger partial charge >= 0.3 is 0 Å². The fraction of sp³-hybridized carbons (Fsp3) is 0.375. The molecule has 2 bridgehead atoms. The molecule has 3 heteroatoms. The fourth-order valence-corrected chi connectivity index (χ4v) is 11.6. The number of hydrogen-bond acceptors (Lipinski definition) is 3. The van der Waals surface area contributed by atoms with Gasteiger partial charge in [-0.1, -0.05) is 79.2 Å². The summed E-state index contributed by atoms with van der Waals surface area (Å²) in [4.78, 5) is 5.18. The molecule has 5 aromatic rings. The molecule has 1 spiro atoms. The van der Waals surface area contributed by atoms with E-state index in [2.05, 4.69) is 119 Å². The molecule has 3 aliphatic carbocycles. The van der Waals surface area contributed by atoms with Gasteiger partial charge < -0.3 is 14.5 Å². The summed E-state index contributed by atoms with van der Waals surface area (Å²) in [6.45, 7) is 4.59. The summed E-state index contributed by atoms with van der Waals surface area (Å²) in [5, 5.41) is 2.62. The van der Waals surface area contributed by atoms with Crippen molar-refractivity contribution in [2.75, 3.05) is 36.0 Å². The van der Waals surface area contributed by atoms with E-state index >= 15 is 0 Å². The molecular formula is C48H48N2O. The highest BCUT2D eigenvalue weighted by atomic mass is 16.5. The van der Waals surface area contributed by atoms with Crippen molar-refractivity contribution in [1.82, 2.24) is 0 Å². The highest BCUT2D eigenvalue weighted by Crippen LogP contribution is 2.69. The average Bonchev–Trinajstić information content (AvgIpc) is 3.91. The Labute approximate surface area is 302 Å². The van der Waals surface area contributed by atoms with Gasteiger partial charge in [-0.25, -0.2) is 0 Å². The first-order valence-corrected chi connectivity index (χ1v) is 20.0. The minimum Gasteiger partial charge on any atom is -0.472 e. The van der Waals surface area contributed by atoms with E-state index < -0.39 is 5.60 Å². The minimum atomic E-state index is -0.727. The molecule has 0 aromatic heterocycles. The van der Waals surface area contributed by atoms with E-state index in [9.17, 15) is 0 Å². The molecule has 0 N–H and O–H groups in total. The van der Waals surface area contributed by atoms with Crippen LogP contribution in [0.3, 0.4) is 0 Å². The molecule has 4 unspecified atom stereocenters. The number of benzene rings is 5. The second-order valence-corrected chi connectivity index (χ2v) is 16.5. The van der Waals surface area contributed by atoms with Gasteiger partial charge in [0.25, 0.3) is 0 Å². The van der Waals surface area contributed by atoms with Crippen LogP contribution < -0.4 is 14.5 Å². The number of anilines is 2. The van der Waals surface area contributed by atoms with E-state index in [-0.39, 0.29) is 5.41 Å². The monoisotopic (exact) mass is 668 g/mol. The van der Waals surface area contributed by atoms with Crippen molar-refractivity contribution in [2.24, 2.45) is 11.8 Å². The number of ether oxygens (including phenoxy) is 1. The Morgan fingerprint density at radius 2 is 1.31 bits per heavy atom. The summed E-state index contributed by atoms with van der Waals surface area (Å²) < 4.78 is 7.77. The lowest BCUT2D eigenvalue weighted by atomic mass is 9.65. The first-order chi connectivity index (χ1) is 25.2. The average molecular weight is 669 g/mol. The lowest BCUT2D eigenvalue weighted by Crippen LogP contribution is -2.36. The first-order valence-electron chi connectivity index (χ1n) is 20.0. The van der Waals surface area contributed by atoms with Crippen molar-refractivity contribution >= 4 is 28.2 Å². The molecule has 4 atom stereocenters. The molecule has 2 saturated heterocycles. The molecule has 6 aliphatic rings. The van der Waals surface area contributed by atoms with Crippen LogP contribution in [-0.4, -0.2) is 26.2 Å². The van der Waals surface area contributed by atoms with Crippen molar-refractivity contribution in [3.8, 4) is 16.9 Å². The lowest BCUT2D eigenvalue weighted by Gasteiger charge is -2.41. The molecule has 256 valence electrons. The number of nitrogens with zero attached hydrogens (tertiary/aromatic N) is 2. The largest absolute Gasteiger partial charge is 0.472 e. The topological polar surface area (TPSA) is 15.7 Å². The van der Waals surface area contributed by atoms with Crippen LogP contribution in [0.4, 0.5) is 11.4 Å². The second-order valence-electron chi connectivity index (χ2n) is 16.5. The second kappa shape index (κ2) is 11.5. The maximum absolute atomic E-state index is 7.77. The van der Waals surface area contributed by atoms with Gasteiger partial charge in [-0.15, -0.1) is 0 Å². The van der Waals surface area contributed by atoms with Crippen LogP contribution >= 0.6 is 0 Å². The van der Waals surface area contributed by atoms with Gasteiger partial charge in [0, 0.05) is 65.0 Å². The molecule has 4 fully saturated rings. The zero-order valence-corrected chi connectivity index (χ0v) is 29.7. The van der Waals surface area contributed by atoms with Crippen LogP contribution in [0.25, 0.3) is 28.0 Å². The Morgan fingerprint density at radius 1 is 0.627 bits per heavy atom. The van der Waals surface area contributed by atoms with Gasteiger partial charge in [0.1, 0.15) is 5.75 Å². The third-order valence-corrected chi connectivity index (χ3v) is 13.9. The predicted octanol–water partition coefficient (Wildman–Crippen LogP) is 11.3. The molecule has 3 nitrogen and oxygen atoms in total. The lowest BCUT2D eigenvalue weighted by molar-refractivity contribution is 0.163. The molecule has 0 radical (unpaired) electrons. The Morgan fingerprint density at radius 3 is 2.04 bits per heavy atom. The molecule has 0 amide bonds. The number of hydrogen-bond donors (Lipinski definition) is 0. The van der Waals surface area contributed by atoms with Crippen molar-refractivity contribution in [2.45, 2.75) is 75.2 Å². The Kier molecular flexibility index (Phi) is 6.80. The molecule has 5 aromatic carbocycles. The van der Waals surface area contributed by atoms with Crippen LogP contribution in [0, 0.1) is 11.8 Å². The summed E-state index contributed by atoms with van der Waals surface area (Å²) >= 11 is 0. The maximum atomic E-state index is 7.77. The summed E-state index contributed by atoms with van der Waals surface area (Å²) in [7, 11) is 0. The quantitative estimate of drug-likeness (QED) is 0.190. The number of piperidine rings is 2. The van der Waals surface area contributed by atoms with Crippen molar-refractivity contribution in [3.05, 3.63) is 131 Å². The van der Waals surface area contributed by atoms with Crippen LogP contribution in [0.1, 0.15) is 92.0 Å². The number of rotatable bonds is 4. The van der Waals surface area contributed by atoms with Crippen molar-refractivity contribution in [3.63, 3.8) is 0 Å². The summed E-state index contributed by atoms with van der Waals surface area (Å²) in [5.41, 5.74) is 11.8. The van der Waals surface area contributed by atoms with Crippen molar-refractivity contribution in [1.29, 1.82) is 0 Å². The Bertz CT molecular complexity index is 2170. The maximum Gasteiger partial charge on any atom is 0.178 e. The van der Waals surface area contributed by atoms with Gasteiger partial charge in [0.15, 0.2) is 5.60 Å². The SMILES string of the molecule is C1=CC(c2ccccc2)(c2ccc(N3CCCCC3)cc2)Oc2c1c1c(c3cc(N4CCCCC4)ccc23)-c2ccccc2C12CC1CCC2C1. The Hall–Kier alpha value is -4.50. The first kappa shape index (κ1) is 30.2. The smallest absolute Gasteiger partial charge is 0.178 e. The zero-order valence-electron chi connectivity index (χ0n) is 29.7. The minimum absolute atomic E-state index is 0.0603. The fourth-order valence-electron chi connectivity index (χ4n) is 11.6. The standard InChI is InChI=1S/C48H48N2O/c1-4-12-34(13-5-1)48(35-18-20-37(21-19-35)49-26-8-2-9-27-49)25-24-41-45-44(40-14-6-7-15-43(40)47(45)32-33-16-17-36(47)30-33)42-31-38(50-28-10-3-11-29-50)22-23-39(42)46(41)51-48/h1,4-7,12-15,18-25,31,33,36H,2-3,8-11,16-17,26-30,32H2. The van der Waals surface area contributed by atoms with Gasteiger partial charge in [-0.3, -0.25) is 0 Å². The highest BCUT2D eigenvalue weighted by Gasteiger charge is 2.58. The van der Waals surface area contributed by atoms with Crippen LogP contribution in [0.5, 0.6) is 5.75 Å². The van der Waals surface area contributed by atoms with E-state index in [0.717, 1.165) is 37.8 Å². The number of fused-ring (bicyclic) bond motifs is 13. The van der Waals surface area contributed by atoms with Crippen LogP contribution in [-0.2, 0) is 11.0 Å².